The van der Waals surface area contributed by atoms with Crippen molar-refractivity contribution in [2.75, 3.05) is 13.7 Å². The molecule has 0 saturated heterocycles. The molecule has 0 spiro atoms. The maximum Gasteiger partial charge on any atom is 0.159 e. The minimum atomic E-state index is 0.419. The molecule has 6 heteroatoms. The molecule has 2 aromatic heterocycles. The van der Waals surface area contributed by atoms with Gasteiger partial charge in [-0.15, -0.1) is 10.2 Å². The van der Waals surface area contributed by atoms with Crippen LogP contribution in [-0.4, -0.2) is 44.3 Å². The lowest BCUT2D eigenvalue weighted by molar-refractivity contribution is 0.170. The van der Waals surface area contributed by atoms with Crippen molar-refractivity contribution in [2.45, 2.75) is 46.0 Å². The van der Waals surface area contributed by atoms with E-state index >= 15 is 0 Å². The smallest absolute Gasteiger partial charge is 0.159 e. The van der Waals surface area contributed by atoms with E-state index in [1.54, 1.807) is 7.11 Å². The Balaban J connectivity index is 1.76. The van der Waals surface area contributed by atoms with Gasteiger partial charge in [-0.1, -0.05) is 6.07 Å². The Bertz CT molecular complexity index is 639. The lowest BCUT2D eigenvalue weighted by atomic mass is 10.1. The Kier molecular flexibility index (Phi) is 4.49. The van der Waals surface area contributed by atoms with Gasteiger partial charge in [-0.25, -0.2) is 0 Å². The SMILES string of the molecule is COCc1nnc2n1CCN(Cc1ncccc1C)C(C)C2. The molecular weight excluding hydrogens is 278 g/mol. The van der Waals surface area contributed by atoms with Gasteiger partial charge in [0.1, 0.15) is 12.4 Å². The van der Waals surface area contributed by atoms with Crippen LogP contribution in [0.25, 0.3) is 0 Å². The molecule has 0 amide bonds. The van der Waals surface area contributed by atoms with Gasteiger partial charge in [0.2, 0.25) is 0 Å². The van der Waals surface area contributed by atoms with Crippen molar-refractivity contribution < 1.29 is 4.74 Å². The molecule has 6 nitrogen and oxygen atoms in total. The molecule has 1 aliphatic heterocycles. The molecule has 1 aliphatic rings. The summed E-state index contributed by atoms with van der Waals surface area (Å²) in [7, 11) is 1.69. The van der Waals surface area contributed by atoms with Gasteiger partial charge in [0.05, 0.1) is 5.69 Å². The number of hydrogen-bond donors (Lipinski definition) is 0. The molecule has 0 radical (unpaired) electrons. The van der Waals surface area contributed by atoms with Crippen LogP contribution in [-0.2, 0) is 30.9 Å². The summed E-state index contributed by atoms with van der Waals surface area (Å²) in [6.07, 6.45) is 2.78. The normalized spacial score (nSPS) is 19.0. The van der Waals surface area contributed by atoms with Crippen molar-refractivity contribution in [3.63, 3.8) is 0 Å². The van der Waals surface area contributed by atoms with E-state index in [0.29, 0.717) is 12.6 Å². The van der Waals surface area contributed by atoms with Crippen molar-refractivity contribution in [3.8, 4) is 0 Å². The first-order valence-electron chi connectivity index (χ1n) is 7.73. The second kappa shape index (κ2) is 6.54. The molecule has 0 aromatic carbocycles. The predicted molar refractivity (Wildman–Crippen MR) is 83.3 cm³/mol. The van der Waals surface area contributed by atoms with Crippen LogP contribution < -0.4 is 0 Å². The van der Waals surface area contributed by atoms with Gasteiger partial charge in [-0.3, -0.25) is 9.88 Å². The molecule has 0 aliphatic carbocycles. The number of aromatic nitrogens is 4. The fourth-order valence-electron chi connectivity index (χ4n) is 2.97. The van der Waals surface area contributed by atoms with Crippen LogP contribution in [0.15, 0.2) is 18.3 Å². The number of fused-ring (bicyclic) bond motifs is 1. The summed E-state index contributed by atoms with van der Waals surface area (Å²) in [5.74, 6) is 1.97. The average Bonchev–Trinajstić information content (AvgIpc) is 2.80. The average molecular weight is 301 g/mol. The van der Waals surface area contributed by atoms with Crippen LogP contribution in [0.2, 0.25) is 0 Å². The van der Waals surface area contributed by atoms with Crippen LogP contribution >= 0.6 is 0 Å². The molecule has 0 fully saturated rings. The number of hydrogen-bond acceptors (Lipinski definition) is 5. The molecule has 0 saturated carbocycles. The number of aryl methyl sites for hydroxylation is 1. The van der Waals surface area contributed by atoms with E-state index in [4.69, 9.17) is 4.74 Å². The Morgan fingerprint density at radius 1 is 1.32 bits per heavy atom. The summed E-state index contributed by atoms with van der Waals surface area (Å²) < 4.78 is 7.41. The topological polar surface area (TPSA) is 56.1 Å². The highest BCUT2D eigenvalue weighted by atomic mass is 16.5. The Morgan fingerprint density at radius 3 is 2.95 bits per heavy atom. The van der Waals surface area contributed by atoms with Gasteiger partial charge in [0.25, 0.3) is 0 Å². The molecule has 1 unspecified atom stereocenters. The molecule has 1 atom stereocenters. The summed E-state index contributed by atoms with van der Waals surface area (Å²) >= 11 is 0. The zero-order chi connectivity index (χ0) is 15.5. The number of ether oxygens (including phenoxy) is 1. The summed E-state index contributed by atoms with van der Waals surface area (Å²) in [5, 5.41) is 8.58. The van der Waals surface area contributed by atoms with E-state index < -0.39 is 0 Å². The summed E-state index contributed by atoms with van der Waals surface area (Å²) in [6.45, 7) is 7.64. The monoisotopic (exact) mass is 301 g/mol. The van der Waals surface area contributed by atoms with Crippen LogP contribution in [0.4, 0.5) is 0 Å². The van der Waals surface area contributed by atoms with Crippen LogP contribution in [0.1, 0.15) is 29.8 Å². The van der Waals surface area contributed by atoms with Gasteiger partial charge < -0.3 is 9.30 Å². The third-order valence-corrected chi connectivity index (χ3v) is 4.36. The number of methoxy groups -OCH3 is 1. The largest absolute Gasteiger partial charge is 0.377 e. The molecule has 22 heavy (non-hydrogen) atoms. The molecule has 3 heterocycles. The second-order valence-electron chi connectivity index (χ2n) is 5.91. The number of nitrogens with zero attached hydrogens (tertiary/aromatic N) is 5. The first-order valence-corrected chi connectivity index (χ1v) is 7.73. The van der Waals surface area contributed by atoms with E-state index in [1.807, 2.05) is 12.3 Å². The Hall–Kier alpha value is -1.79. The molecule has 0 bridgehead atoms. The zero-order valence-electron chi connectivity index (χ0n) is 13.5. The highest BCUT2D eigenvalue weighted by molar-refractivity contribution is 5.17. The summed E-state index contributed by atoms with van der Waals surface area (Å²) in [5.41, 5.74) is 2.41. The lowest BCUT2D eigenvalue weighted by Crippen LogP contribution is -2.34. The molecular formula is C16H23N5O. The van der Waals surface area contributed by atoms with Crippen molar-refractivity contribution in [3.05, 3.63) is 41.2 Å². The molecule has 3 rings (SSSR count). The summed E-state index contributed by atoms with van der Waals surface area (Å²) in [6, 6.07) is 4.53. The van der Waals surface area contributed by atoms with E-state index in [0.717, 1.165) is 43.4 Å². The zero-order valence-corrected chi connectivity index (χ0v) is 13.5. The van der Waals surface area contributed by atoms with E-state index in [9.17, 15) is 0 Å². The molecule has 0 N–H and O–H groups in total. The first kappa shape index (κ1) is 15.1. The number of pyridine rings is 1. The predicted octanol–water partition coefficient (Wildman–Crippen LogP) is 1.57. The Labute approximate surface area is 131 Å². The maximum atomic E-state index is 5.21. The van der Waals surface area contributed by atoms with Gasteiger partial charge >= 0.3 is 0 Å². The Morgan fingerprint density at radius 2 is 2.18 bits per heavy atom. The van der Waals surface area contributed by atoms with Crippen LogP contribution in [0.3, 0.4) is 0 Å². The minimum Gasteiger partial charge on any atom is -0.377 e. The second-order valence-corrected chi connectivity index (χ2v) is 5.91. The van der Waals surface area contributed by atoms with Crippen LogP contribution in [0.5, 0.6) is 0 Å². The summed E-state index contributed by atoms with van der Waals surface area (Å²) in [4.78, 5) is 7.00. The third kappa shape index (κ3) is 3.03. The standard InChI is InChI=1S/C16H23N5O/c1-12-5-4-6-17-14(12)10-20-7-8-21-15(9-13(20)2)18-19-16(21)11-22-3/h4-6,13H,7-11H2,1-3H3. The minimum absolute atomic E-state index is 0.419. The third-order valence-electron chi connectivity index (χ3n) is 4.36. The highest BCUT2D eigenvalue weighted by Gasteiger charge is 2.24. The van der Waals surface area contributed by atoms with Crippen molar-refractivity contribution >= 4 is 0 Å². The quantitative estimate of drug-likeness (QED) is 0.858. The molecule has 2 aromatic rings. The van der Waals surface area contributed by atoms with Crippen LogP contribution in [0, 0.1) is 6.92 Å². The maximum absolute atomic E-state index is 5.21. The van der Waals surface area contributed by atoms with Gasteiger partial charge in [0.15, 0.2) is 5.82 Å². The van der Waals surface area contributed by atoms with Crippen molar-refractivity contribution in [1.82, 2.24) is 24.6 Å². The van der Waals surface area contributed by atoms with E-state index in [1.165, 1.54) is 5.56 Å². The lowest BCUT2D eigenvalue weighted by Gasteiger charge is -2.26. The van der Waals surface area contributed by atoms with Gasteiger partial charge in [-0.05, 0) is 25.5 Å². The number of rotatable bonds is 4. The highest BCUT2D eigenvalue weighted by Crippen LogP contribution is 2.18. The first-order chi connectivity index (χ1) is 10.7. The van der Waals surface area contributed by atoms with Crippen molar-refractivity contribution in [1.29, 1.82) is 0 Å². The van der Waals surface area contributed by atoms with E-state index in [-0.39, 0.29) is 0 Å². The van der Waals surface area contributed by atoms with Gasteiger partial charge in [-0.2, -0.15) is 0 Å². The van der Waals surface area contributed by atoms with Gasteiger partial charge in [0, 0.05) is 45.4 Å². The van der Waals surface area contributed by atoms with E-state index in [2.05, 4.69) is 44.6 Å². The fraction of sp³-hybridized carbons (Fsp3) is 0.562. The fourth-order valence-corrected chi connectivity index (χ4v) is 2.97. The molecule has 118 valence electrons. The van der Waals surface area contributed by atoms with Crippen molar-refractivity contribution in [2.24, 2.45) is 0 Å².